The highest BCUT2D eigenvalue weighted by Gasteiger charge is 2.10. The smallest absolute Gasteiger partial charge is 0.281 e. The number of benzene rings is 1. The van der Waals surface area contributed by atoms with Crippen molar-refractivity contribution in [3.8, 4) is 0 Å². The summed E-state index contributed by atoms with van der Waals surface area (Å²) in [6.45, 7) is 6.79. The van der Waals surface area contributed by atoms with Crippen molar-refractivity contribution in [3.05, 3.63) is 34.7 Å². The predicted octanol–water partition coefficient (Wildman–Crippen LogP) is 3.68. The molecule has 1 aromatic carbocycles. The van der Waals surface area contributed by atoms with E-state index in [1.165, 1.54) is 17.3 Å². The number of hydrogen-bond acceptors (Lipinski definition) is 5. The first-order valence-electron chi connectivity index (χ1n) is 6.04. The van der Waals surface area contributed by atoms with E-state index in [2.05, 4.69) is 29.4 Å². The second kappa shape index (κ2) is 6.41. The molecule has 2 rings (SSSR count). The summed E-state index contributed by atoms with van der Waals surface area (Å²) in [5.41, 5.74) is 1.17. The maximum Gasteiger partial charge on any atom is 0.281 e. The van der Waals surface area contributed by atoms with Crippen molar-refractivity contribution in [1.29, 1.82) is 0 Å². The lowest BCUT2D eigenvalue weighted by Crippen LogP contribution is -2.22. The summed E-state index contributed by atoms with van der Waals surface area (Å²) in [5, 5.41) is 12.4. The van der Waals surface area contributed by atoms with Crippen LogP contribution in [0.4, 0.5) is 0 Å². The lowest BCUT2D eigenvalue weighted by atomic mass is 10.2. The summed E-state index contributed by atoms with van der Waals surface area (Å²) in [7, 11) is 0. The molecule has 2 aromatic rings. The molecule has 1 N–H and O–H groups in total. The standard InChI is InChI=1S/C13H16ClN3OS/c1-8(2)15-7-10-4-5-11(14)6-12(10)19-13-17-16-9(3)18-13/h4-6,8,15H,7H2,1-3H3. The van der Waals surface area contributed by atoms with Gasteiger partial charge in [-0.05, 0) is 29.5 Å². The number of halogens is 1. The number of nitrogens with zero attached hydrogens (tertiary/aromatic N) is 2. The van der Waals surface area contributed by atoms with Crippen LogP contribution in [-0.2, 0) is 6.54 Å². The highest BCUT2D eigenvalue weighted by atomic mass is 35.5. The third kappa shape index (κ3) is 4.23. The number of aryl methyl sites for hydroxylation is 1. The van der Waals surface area contributed by atoms with E-state index >= 15 is 0 Å². The molecule has 1 aromatic heterocycles. The Hall–Kier alpha value is -1.04. The molecule has 0 fully saturated rings. The fourth-order valence-corrected chi connectivity index (χ4v) is 2.62. The zero-order valence-corrected chi connectivity index (χ0v) is 12.7. The molecule has 0 unspecified atom stereocenters. The summed E-state index contributed by atoms with van der Waals surface area (Å²) < 4.78 is 5.39. The van der Waals surface area contributed by atoms with Crippen LogP contribution in [0.25, 0.3) is 0 Å². The van der Waals surface area contributed by atoms with Crippen LogP contribution in [0.3, 0.4) is 0 Å². The predicted molar refractivity (Wildman–Crippen MR) is 76.6 cm³/mol. The minimum absolute atomic E-state index is 0.430. The molecule has 0 aliphatic rings. The topological polar surface area (TPSA) is 51.0 Å². The molecule has 0 saturated heterocycles. The van der Waals surface area contributed by atoms with Crippen LogP contribution in [0, 0.1) is 6.92 Å². The van der Waals surface area contributed by atoms with E-state index < -0.39 is 0 Å². The van der Waals surface area contributed by atoms with Crippen LogP contribution < -0.4 is 5.32 Å². The van der Waals surface area contributed by atoms with Crippen molar-refractivity contribution in [1.82, 2.24) is 15.5 Å². The molecular weight excluding hydrogens is 282 g/mol. The molecule has 6 heteroatoms. The molecule has 0 atom stereocenters. The highest BCUT2D eigenvalue weighted by molar-refractivity contribution is 7.99. The van der Waals surface area contributed by atoms with Crippen molar-refractivity contribution < 1.29 is 4.42 Å². The zero-order valence-electron chi connectivity index (χ0n) is 11.1. The van der Waals surface area contributed by atoms with Crippen LogP contribution in [0.2, 0.25) is 5.02 Å². The van der Waals surface area contributed by atoms with Gasteiger partial charge < -0.3 is 9.73 Å². The second-order valence-electron chi connectivity index (χ2n) is 4.48. The van der Waals surface area contributed by atoms with Crippen molar-refractivity contribution in [2.45, 2.75) is 43.5 Å². The Morgan fingerprint density at radius 3 is 2.79 bits per heavy atom. The second-order valence-corrected chi connectivity index (χ2v) is 5.91. The van der Waals surface area contributed by atoms with Gasteiger partial charge in [-0.1, -0.05) is 31.5 Å². The van der Waals surface area contributed by atoms with Gasteiger partial charge in [-0.3, -0.25) is 0 Å². The first kappa shape index (κ1) is 14.4. The van der Waals surface area contributed by atoms with Crippen LogP contribution in [-0.4, -0.2) is 16.2 Å². The van der Waals surface area contributed by atoms with E-state index in [0.29, 0.717) is 22.2 Å². The summed E-state index contributed by atoms with van der Waals surface area (Å²) in [6, 6.07) is 6.26. The van der Waals surface area contributed by atoms with Crippen LogP contribution in [0.15, 0.2) is 32.7 Å². The van der Waals surface area contributed by atoms with E-state index in [1.54, 1.807) is 6.92 Å². The van der Waals surface area contributed by atoms with Gasteiger partial charge in [0, 0.05) is 29.4 Å². The molecule has 19 heavy (non-hydrogen) atoms. The van der Waals surface area contributed by atoms with Crippen LogP contribution in [0.5, 0.6) is 0 Å². The van der Waals surface area contributed by atoms with Gasteiger partial charge in [0.1, 0.15) is 0 Å². The molecule has 0 aliphatic heterocycles. The molecule has 0 amide bonds. The minimum Gasteiger partial charge on any atom is -0.416 e. The Morgan fingerprint density at radius 2 is 2.16 bits per heavy atom. The van der Waals surface area contributed by atoms with Gasteiger partial charge in [0.25, 0.3) is 5.22 Å². The molecule has 0 aliphatic carbocycles. The molecule has 4 nitrogen and oxygen atoms in total. The summed E-state index contributed by atoms with van der Waals surface area (Å²) in [5.74, 6) is 0.561. The zero-order chi connectivity index (χ0) is 13.8. The van der Waals surface area contributed by atoms with Gasteiger partial charge in [-0.2, -0.15) is 0 Å². The van der Waals surface area contributed by atoms with Gasteiger partial charge in [0.2, 0.25) is 5.89 Å². The van der Waals surface area contributed by atoms with Gasteiger partial charge >= 0.3 is 0 Å². The van der Waals surface area contributed by atoms with Crippen molar-refractivity contribution in [2.75, 3.05) is 0 Å². The lowest BCUT2D eigenvalue weighted by Gasteiger charge is -2.11. The fraction of sp³-hybridized carbons (Fsp3) is 0.385. The summed E-state index contributed by atoms with van der Waals surface area (Å²) >= 11 is 7.49. The Labute approximate surface area is 121 Å². The fourth-order valence-electron chi connectivity index (χ4n) is 1.50. The largest absolute Gasteiger partial charge is 0.416 e. The number of nitrogens with one attached hydrogen (secondary N) is 1. The monoisotopic (exact) mass is 297 g/mol. The van der Waals surface area contributed by atoms with Gasteiger partial charge in [-0.15, -0.1) is 10.2 Å². The first-order valence-corrected chi connectivity index (χ1v) is 7.24. The quantitative estimate of drug-likeness (QED) is 0.912. The Bertz CT molecular complexity index is 557. The van der Waals surface area contributed by atoms with Crippen LogP contribution >= 0.6 is 23.4 Å². The average Bonchev–Trinajstić information content (AvgIpc) is 2.73. The van der Waals surface area contributed by atoms with Crippen LogP contribution in [0.1, 0.15) is 25.3 Å². The molecule has 1 heterocycles. The molecule has 0 spiro atoms. The maximum absolute atomic E-state index is 6.05. The highest BCUT2D eigenvalue weighted by Crippen LogP contribution is 2.31. The average molecular weight is 298 g/mol. The van der Waals surface area contributed by atoms with E-state index in [0.717, 1.165) is 11.4 Å². The molecule has 0 bridgehead atoms. The molecule has 0 radical (unpaired) electrons. The first-order chi connectivity index (χ1) is 9.04. The van der Waals surface area contributed by atoms with E-state index in [9.17, 15) is 0 Å². The lowest BCUT2D eigenvalue weighted by molar-refractivity contribution is 0.429. The Balaban J connectivity index is 2.19. The van der Waals surface area contributed by atoms with Crippen molar-refractivity contribution >= 4 is 23.4 Å². The van der Waals surface area contributed by atoms with Gasteiger partial charge in [0.05, 0.1) is 0 Å². The summed E-state index contributed by atoms with van der Waals surface area (Å²) in [4.78, 5) is 1.03. The maximum atomic E-state index is 6.05. The Morgan fingerprint density at radius 1 is 1.37 bits per heavy atom. The normalized spacial score (nSPS) is 11.2. The van der Waals surface area contributed by atoms with E-state index in [1.807, 2.05) is 18.2 Å². The Kier molecular flexibility index (Phi) is 4.85. The van der Waals surface area contributed by atoms with E-state index in [4.69, 9.17) is 16.0 Å². The van der Waals surface area contributed by atoms with Crippen molar-refractivity contribution in [2.24, 2.45) is 0 Å². The summed E-state index contributed by atoms with van der Waals surface area (Å²) in [6.07, 6.45) is 0. The van der Waals surface area contributed by atoms with Gasteiger partial charge in [-0.25, -0.2) is 0 Å². The number of hydrogen-bond donors (Lipinski definition) is 1. The number of rotatable bonds is 5. The molecule has 102 valence electrons. The SMILES string of the molecule is Cc1nnc(Sc2cc(Cl)ccc2CNC(C)C)o1. The van der Waals surface area contributed by atoms with Gasteiger partial charge in [0.15, 0.2) is 0 Å². The molecule has 0 saturated carbocycles. The van der Waals surface area contributed by atoms with E-state index in [-0.39, 0.29) is 0 Å². The number of aromatic nitrogens is 2. The van der Waals surface area contributed by atoms with Crippen molar-refractivity contribution in [3.63, 3.8) is 0 Å². The third-order valence-corrected chi connectivity index (χ3v) is 3.61. The minimum atomic E-state index is 0.430. The third-order valence-electron chi connectivity index (χ3n) is 2.43. The molecular formula is C13H16ClN3OS.